The lowest BCUT2D eigenvalue weighted by atomic mass is 10.2. The van der Waals surface area contributed by atoms with Crippen LogP contribution in [-0.2, 0) is 17.8 Å². The summed E-state index contributed by atoms with van der Waals surface area (Å²) in [4.78, 5) is 30.7. The molecule has 0 aromatic carbocycles. The minimum atomic E-state index is -1.07. The second-order valence-corrected chi connectivity index (χ2v) is 6.33. The third kappa shape index (κ3) is 4.35. The number of carbonyl (C=O) groups is 2. The number of nitrogens with one attached hydrogen (secondary N) is 1. The first kappa shape index (κ1) is 15.6. The average molecular weight is 336 g/mol. The molecule has 0 saturated heterocycles. The Labute approximate surface area is 135 Å². The number of aromatic carboxylic acids is 1. The van der Waals surface area contributed by atoms with Crippen LogP contribution in [-0.4, -0.2) is 32.1 Å². The van der Waals surface area contributed by atoms with E-state index in [2.05, 4.69) is 20.4 Å². The highest BCUT2D eigenvalue weighted by Crippen LogP contribution is 2.38. The van der Waals surface area contributed by atoms with Gasteiger partial charge in [-0.15, -0.1) is 11.3 Å². The van der Waals surface area contributed by atoms with Crippen molar-refractivity contribution < 1.29 is 19.2 Å². The van der Waals surface area contributed by atoms with Crippen molar-refractivity contribution in [2.45, 2.75) is 44.6 Å². The van der Waals surface area contributed by atoms with Crippen LogP contribution in [0.3, 0.4) is 0 Å². The minimum Gasteiger partial charge on any atom is -0.476 e. The van der Waals surface area contributed by atoms with Crippen molar-refractivity contribution in [2.24, 2.45) is 0 Å². The molecule has 1 aliphatic rings. The van der Waals surface area contributed by atoms with Crippen molar-refractivity contribution in [3.8, 4) is 0 Å². The van der Waals surface area contributed by atoms with E-state index < -0.39 is 5.97 Å². The van der Waals surface area contributed by atoms with E-state index >= 15 is 0 Å². The first-order chi connectivity index (χ1) is 11.1. The Morgan fingerprint density at radius 1 is 1.39 bits per heavy atom. The molecule has 0 spiro atoms. The van der Waals surface area contributed by atoms with E-state index in [0.717, 1.165) is 18.7 Å². The van der Waals surface area contributed by atoms with Crippen LogP contribution in [0.2, 0.25) is 0 Å². The summed E-state index contributed by atoms with van der Waals surface area (Å²) in [6, 6.07) is 0. The normalized spacial score (nSPS) is 13.9. The Morgan fingerprint density at radius 3 is 2.91 bits per heavy atom. The molecule has 1 saturated carbocycles. The average Bonchev–Trinajstić information content (AvgIpc) is 3.08. The van der Waals surface area contributed by atoms with Crippen molar-refractivity contribution in [3.05, 3.63) is 27.8 Å². The molecule has 1 aliphatic carbocycles. The van der Waals surface area contributed by atoms with Gasteiger partial charge in [-0.1, -0.05) is 5.16 Å². The van der Waals surface area contributed by atoms with Gasteiger partial charge in [0.05, 0.1) is 6.54 Å². The Hall–Kier alpha value is -2.29. The fourth-order valence-electron chi connectivity index (χ4n) is 2.03. The third-order valence-electron chi connectivity index (χ3n) is 3.43. The van der Waals surface area contributed by atoms with Crippen LogP contribution in [0.5, 0.6) is 0 Å². The quantitative estimate of drug-likeness (QED) is 0.753. The fourth-order valence-corrected chi connectivity index (χ4v) is 2.74. The van der Waals surface area contributed by atoms with Crippen molar-refractivity contribution in [3.63, 3.8) is 0 Å². The van der Waals surface area contributed by atoms with E-state index in [9.17, 15) is 9.59 Å². The molecule has 1 amide bonds. The molecule has 9 heteroatoms. The van der Waals surface area contributed by atoms with Crippen LogP contribution >= 0.6 is 11.3 Å². The van der Waals surface area contributed by atoms with Crippen LogP contribution in [0.25, 0.3) is 0 Å². The topological polar surface area (TPSA) is 118 Å². The fraction of sp³-hybridized carbons (Fsp3) is 0.500. The van der Waals surface area contributed by atoms with Crippen LogP contribution in [0, 0.1) is 0 Å². The van der Waals surface area contributed by atoms with Gasteiger partial charge in [-0.3, -0.25) is 4.79 Å². The molecule has 2 heterocycles. The highest BCUT2D eigenvalue weighted by Gasteiger charge is 2.28. The Kier molecular flexibility index (Phi) is 4.65. The van der Waals surface area contributed by atoms with E-state index in [1.807, 2.05) is 0 Å². The lowest BCUT2D eigenvalue weighted by Gasteiger charge is -2.01. The first-order valence-corrected chi connectivity index (χ1v) is 8.26. The number of carboxylic acids is 1. The predicted molar refractivity (Wildman–Crippen MR) is 80.1 cm³/mol. The lowest BCUT2D eigenvalue weighted by Crippen LogP contribution is -2.22. The second-order valence-electron chi connectivity index (χ2n) is 5.38. The van der Waals surface area contributed by atoms with Crippen molar-refractivity contribution in [1.29, 1.82) is 0 Å². The number of carboxylic acid groups (broad SMARTS) is 1. The van der Waals surface area contributed by atoms with Gasteiger partial charge in [0.25, 0.3) is 0 Å². The molecule has 2 N–H and O–H groups in total. The summed E-state index contributed by atoms with van der Waals surface area (Å²) in [5.74, 6) is 0.640. The molecule has 3 rings (SSSR count). The zero-order chi connectivity index (χ0) is 16.2. The summed E-state index contributed by atoms with van der Waals surface area (Å²) in [5, 5.41) is 17.5. The van der Waals surface area contributed by atoms with E-state index in [4.69, 9.17) is 9.63 Å². The largest absolute Gasteiger partial charge is 0.476 e. The van der Waals surface area contributed by atoms with Crippen LogP contribution in [0.15, 0.2) is 9.90 Å². The monoisotopic (exact) mass is 336 g/mol. The first-order valence-electron chi connectivity index (χ1n) is 7.38. The molecule has 1 fully saturated rings. The molecule has 23 heavy (non-hydrogen) atoms. The molecule has 0 unspecified atom stereocenters. The van der Waals surface area contributed by atoms with Crippen LogP contribution in [0.1, 0.15) is 58.8 Å². The van der Waals surface area contributed by atoms with Crippen molar-refractivity contribution in [1.82, 2.24) is 20.4 Å². The van der Waals surface area contributed by atoms with Gasteiger partial charge in [-0.25, -0.2) is 9.78 Å². The zero-order valence-electron chi connectivity index (χ0n) is 12.3. The number of aryl methyl sites for hydroxylation is 1. The maximum Gasteiger partial charge on any atom is 0.355 e. The number of aromatic nitrogens is 3. The van der Waals surface area contributed by atoms with Gasteiger partial charge >= 0.3 is 5.97 Å². The summed E-state index contributed by atoms with van der Waals surface area (Å²) < 4.78 is 5.15. The van der Waals surface area contributed by atoms with Gasteiger partial charge in [0, 0.05) is 24.1 Å². The number of nitrogens with zero attached hydrogens (tertiary/aromatic N) is 3. The molecule has 0 radical (unpaired) electrons. The van der Waals surface area contributed by atoms with E-state index in [1.54, 1.807) is 0 Å². The van der Waals surface area contributed by atoms with Gasteiger partial charge in [-0.05, 0) is 19.3 Å². The van der Waals surface area contributed by atoms with Gasteiger partial charge in [0.1, 0.15) is 5.01 Å². The smallest absolute Gasteiger partial charge is 0.355 e. The van der Waals surface area contributed by atoms with Crippen LogP contribution < -0.4 is 5.32 Å². The Balaban J connectivity index is 1.36. The number of rotatable bonds is 8. The van der Waals surface area contributed by atoms with Gasteiger partial charge in [0.15, 0.2) is 11.5 Å². The number of hydrogen-bond donors (Lipinski definition) is 2. The number of thiazole rings is 1. The molecule has 0 aliphatic heterocycles. The summed E-state index contributed by atoms with van der Waals surface area (Å²) >= 11 is 1.21. The van der Waals surface area contributed by atoms with Gasteiger partial charge in [-0.2, -0.15) is 4.98 Å². The second kappa shape index (κ2) is 6.86. The number of carbonyl (C=O) groups excluding carboxylic acids is 1. The summed E-state index contributed by atoms with van der Waals surface area (Å²) in [6.07, 6.45) is 3.80. The van der Waals surface area contributed by atoms with Crippen molar-refractivity contribution >= 4 is 23.2 Å². The van der Waals surface area contributed by atoms with Gasteiger partial charge in [0.2, 0.25) is 11.8 Å². The highest BCUT2D eigenvalue weighted by molar-refractivity contribution is 7.09. The lowest BCUT2D eigenvalue weighted by molar-refractivity contribution is -0.121. The molecule has 122 valence electrons. The summed E-state index contributed by atoms with van der Waals surface area (Å²) in [6.45, 7) is 0.239. The highest BCUT2D eigenvalue weighted by atomic mass is 32.1. The standard InChI is InChI=1S/C14H16N4O4S/c19-10(15-6-12-16-9(7-23-12)14(20)21)2-1-3-11-17-13(18-22-11)8-4-5-8/h7-8H,1-6H2,(H,15,19)(H,20,21). The summed E-state index contributed by atoms with van der Waals surface area (Å²) in [5.41, 5.74) is 0.00195. The zero-order valence-corrected chi connectivity index (χ0v) is 13.1. The molecule has 2 aromatic rings. The third-order valence-corrected chi connectivity index (χ3v) is 4.28. The van der Waals surface area contributed by atoms with E-state index in [0.29, 0.717) is 36.1 Å². The predicted octanol–water partition coefficient (Wildman–Crippen LogP) is 1.74. The van der Waals surface area contributed by atoms with E-state index in [1.165, 1.54) is 16.7 Å². The number of amides is 1. The molecule has 2 aromatic heterocycles. The van der Waals surface area contributed by atoms with Crippen LogP contribution in [0.4, 0.5) is 0 Å². The molecule has 8 nitrogen and oxygen atoms in total. The SMILES string of the molecule is O=C(CCCc1nc(C2CC2)no1)NCc1nc(C(=O)O)cs1. The molecule has 0 atom stereocenters. The Bertz CT molecular complexity index is 707. The maximum absolute atomic E-state index is 11.8. The summed E-state index contributed by atoms with van der Waals surface area (Å²) in [7, 11) is 0. The minimum absolute atomic E-state index is 0.00195. The molecular formula is C14H16N4O4S. The maximum atomic E-state index is 11.8. The van der Waals surface area contributed by atoms with Crippen molar-refractivity contribution in [2.75, 3.05) is 0 Å². The Morgan fingerprint density at radius 2 is 2.22 bits per heavy atom. The molecular weight excluding hydrogens is 320 g/mol. The number of hydrogen-bond acceptors (Lipinski definition) is 7. The van der Waals surface area contributed by atoms with E-state index in [-0.39, 0.29) is 18.1 Å². The molecule has 0 bridgehead atoms. The van der Waals surface area contributed by atoms with Gasteiger partial charge < -0.3 is 14.9 Å².